The number of ether oxygens (including phenoxy) is 1. The number of aromatic nitrogens is 1. The quantitative estimate of drug-likeness (QED) is 0.630. The molecule has 152 valence electrons. The highest BCUT2D eigenvalue weighted by Crippen LogP contribution is 2.35. The van der Waals surface area contributed by atoms with Crippen molar-refractivity contribution < 1.29 is 22.7 Å². The number of nitrogens with two attached hydrogens (primary N) is 1. The molecule has 4 nitrogen and oxygen atoms in total. The van der Waals surface area contributed by atoms with Crippen molar-refractivity contribution in [2.75, 3.05) is 0 Å². The standard InChI is InChI=1S/C22H21F3N2O2/c1-14-19(17-9-6-10-18(13-17)29-22(23,24)25)20(21(26)28)15(2)27(14)12-11-16-7-4-3-5-8-16/h3-10,13H,11-12H2,1-2H3,(H2,26,28). The van der Waals surface area contributed by atoms with Gasteiger partial charge in [0.2, 0.25) is 0 Å². The lowest BCUT2D eigenvalue weighted by Gasteiger charge is -2.11. The van der Waals surface area contributed by atoms with Gasteiger partial charge in [-0.1, -0.05) is 42.5 Å². The van der Waals surface area contributed by atoms with Crippen molar-refractivity contribution in [1.29, 1.82) is 0 Å². The van der Waals surface area contributed by atoms with Crippen LogP contribution in [0.15, 0.2) is 54.6 Å². The summed E-state index contributed by atoms with van der Waals surface area (Å²) in [6.07, 6.45) is -4.05. The van der Waals surface area contributed by atoms with Gasteiger partial charge in [-0.3, -0.25) is 4.79 Å². The third-order valence-electron chi connectivity index (χ3n) is 4.85. The maximum atomic E-state index is 12.6. The minimum Gasteiger partial charge on any atom is -0.406 e. The Morgan fingerprint density at radius 1 is 1.03 bits per heavy atom. The van der Waals surface area contributed by atoms with Gasteiger partial charge in [-0.15, -0.1) is 13.2 Å². The molecule has 0 spiro atoms. The molecule has 0 saturated carbocycles. The summed E-state index contributed by atoms with van der Waals surface area (Å²) in [5.41, 5.74) is 9.48. The Morgan fingerprint density at radius 3 is 2.34 bits per heavy atom. The maximum absolute atomic E-state index is 12.6. The first-order valence-corrected chi connectivity index (χ1v) is 9.07. The zero-order valence-electron chi connectivity index (χ0n) is 16.1. The number of alkyl halides is 3. The van der Waals surface area contributed by atoms with Crippen LogP contribution in [0.5, 0.6) is 5.75 Å². The number of carbonyl (C=O) groups is 1. The van der Waals surface area contributed by atoms with E-state index in [4.69, 9.17) is 5.73 Å². The van der Waals surface area contributed by atoms with Crippen LogP contribution in [-0.4, -0.2) is 16.8 Å². The number of rotatable bonds is 6. The molecule has 1 amide bonds. The molecule has 0 saturated heterocycles. The Balaban J connectivity index is 2.03. The minimum absolute atomic E-state index is 0.305. The van der Waals surface area contributed by atoms with Gasteiger partial charge in [-0.05, 0) is 43.5 Å². The second-order valence-corrected chi connectivity index (χ2v) is 6.75. The van der Waals surface area contributed by atoms with Crippen molar-refractivity contribution in [3.05, 3.63) is 77.1 Å². The predicted molar refractivity (Wildman–Crippen MR) is 105 cm³/mol. The molecule has 0 atom stereocenters. The molecule has 0 fully saturated rings. The summed E-state index contributed by atoms with van der Waals surface area (Å²) >= 11 is 0. The van der Waals surface area contributed by atoms with Crippen LogP contribution >= 0.6 is 0 Å². The van der Waals surface area contributed by atoms with E-state index in [1.54, 1.807) is 13.0 Å². The van der Waals surface area contributed by atoms with Gasteiger partial charge >= 0.3 is 6.36 Å². The molecule has 0 aliphatic carbocycles. The fourth-order valence-corrected chi connectivity index (χ4v) is 3.61. The van der Waals surface area contributed by atoms with Crippen LogP contribution in [0, 0.1) is 13.8 Å². The Hall–Kier alpha value is -3.22. The van der Waals surface area contributed by atoms with Crippen molar-refractivity contribution >= 4 is 5.91 Å². The Bertz CT molecular complexity index is 1020. The first-order chi connectivity index (χ1) is 13.7. The van der Waals surface area contributed by atoms with E-state index >= 15 is 0 Å². The Kier molecular flexibility index (Phi) is 5.68. The second-order valence-electron chi connectivity index (χ2n) is 6.75. The smallest absolute Gasteiger partial charge is 0.406 e. The summed E-state index contributed by atoms with van der Waals surface area (Å²) in [4.78, 5) is 12.2. The molecule has 1 aromatic heterocycles. The molecule has 0 unspecified atom stereocenters. The Morgan fingerprint density at radius 2 is 1.72 bits per heavy atom. The van der Waals surface area contributed by atoms with E-state index < -0.39 is 12.3 Å². The first-order valence-electron chi connectivity index (χ1n) is 9.07. The molecule has 0 bridgehead atoms. The molecule has 29 heavy (non-hydrogen) atoms. The molecule has 1 heterocycles. The number of hydrogen-bond acceptors (Lipinski definition) is 2. The van der Waals surface area contributed by atoms with E-state index in [1.807, 2.05) is 41.8 Å². The predicted octanol–water partition coefficient (Wildman–Crippen LogP) is 5.01. The van der Waals surface area contributed by atoms with Gasteiger partial charge in [-0.25, -0.2) is 0 Å². The molecule has 0 radical (unpaired) electrons. The van der Waals surface area contributed by atoms with Crippen molar-refractivity contribution in [1.82, 2.24) is 4.57 Å². The zero-order valence-corrected chi connectivity index (χ0v) is 16.1. The number of halogens is 3. The van der Waals surface area contributed by atoms with Gasteiger partial charge in [-0.2, -0.15) is 0 Å². The molecular weight excluding hydrogens is 381 g/mol. The van der Waals surface area contributed by atoms with Gasteiger partial charge in [0.25, 0.3) is 5.91 Å². The van der Waals surface area contributed by atoms with Crippen LogP contribution in [0.4, 0.5) is 13.2 Å². The van der Waals surface area contributed by atoms with Crippen LogP contribution in [-0.2, 0) is 13.0 Å². The molecule has 0 aliphatic rings. The van der Waals surface area contributed by atoms with Crippen LogP contribution in [0.3, 0.4) is 0 Å². The van der Waals surface area contributed by atoms with E-state index in [2.05, 4.69) is 4.74 Å². The number of aryl methyl sites for hydroxylation is 1. The van der Waals surface area contributed by atoms with Crippen LogP contribution in [0.25, 0.3) is 11.1 Å². The van der Waals surface area contributed by atoms with E-state index in [-0.39, 0.29) is 5.75 Å². The molecule has 3 aromatic rings. The molecule has 2 N–H and O–H groups in total. The first kappa shape index (κ1) is 20.5. The molecule has 2 aromatic carbocycles. The van der Waals surface area contributed by atoms with Crippen molar-refractivity contribution in [3.63, 3.8) is 0 Å². The molecule has 3 rings (SSSR count). The number of hydrogen-bond donors (Lipinski definition) is 1. The maximum Gasteiger partial charge on any atom is 0.573 e. The average molecular weight is 402 g/mol. The van der Waals surface area contributed by atoms with E-state index in [1.165, 1.54) is 18.2 Å². The zero-order chi connectivity index (χ0) is 21.2. The SMILES string of the molecule is Cc1c(C(N)=O)c(-c2cccc(OC(F)(F)F)c2)c(C)n1CCc1ccccc1. The lowest BCUT2D eigenvalue weighted by atomic mass is 10.00. The summed E-state index contributed by atoms with van der Waals surface area (Å²) < 4.78 is 43.8. The second kappa shape index (κ2) is 8.03. The van der Waals surface area contributed by atoms with Crippen LogP contribution in [0.1, 0.15) is 27.3 Å². The fraction of sp³-hybridized carbons (Fsp3) is 0.227. The van der Waals surface area contributed by atoms with Gasteiger partial charge < -0.3 is 15.0 Å². The minimum atomic E-state index is -4.79. The summed E-state index contributed by atoms with van der Waals surface area (Å²) in [6, 6.07) is 15.5. The monoisotopic (exact) mass is 402 g/mol. The van der Waals surface area contributed by atoms with E-state index in [9.17, 15) is 18.0 Å². The topological polar surface area (TPSA) is 57.3 Å². The highest BCUT2D eigenvalue weighted by atomic mass is 19.4. The summed E-state index contributed by atoms with van der Waals surface area (Å²) in [7, 11) is 0. The average Bonchev–Trinajstić information content (AvgIpc) is 2.90. The van der Waals surface area contributed by atoms with E-state index in [0.29, 0.717) is 28.9 Å². The van der Waals surface area contributed by atoms with Gasteiger partial charge in [0.05, 0.1) is 5.56 Å². The van der Waals surface area contributed by atoms with E-state index in [0.717, 1.165) is 17.7 Å². The number of amides is 1. The highest BCUT2D eigenvalue weighted by Gasteiger charge is 2.31. The lowest BCUT2D eigenvalue weighted by Crippen LogP contribution is -2.17. The largest absolute Gasteiger partial charge is 0.573 e. The summed E-state index contributed by atoms with van der Waals surface area (Å²) in [5, 5.41) is 0. The number of benzene rings is 2. The number of carbonyl (C=O) groups excluding carboxylic acids is 1. The van der Waals surface area contributed by atoms with Crippen molar-refractivity contribution in [2.24, 2.45) is 5.73 Å². The highest BCUT2D eigenvalue weighted by molar-refractivity contribution is 6.02. The van der Waals surface area contributed by atoms with Gasteiger partial charge in [0.1, 0.15) is 5.75 Å². The van der Waals surface area contributed by atoms with Crippen LogP contribution < -0.4 is 10.5 Å². The summed E-state index contributed by atoms with van der Waals surface area (Å²) in [6.45, 7) is 4.23. The summed E-state index contributed by atoms with van der Waals surface area (Å²) in [5.74, 6) is -0.972. The molecule has 0 aliphatic heterocycles. The van der Waals surface area contributed by atoms with Gasteiger partial charge in [0.15, 0.2) is 0 Å². The van der Waals surface area contributed by atoms with Crippen molar-refractivity contribution in [3.8, 4) is 16.9 Å². The van der Waals surface area contributed by atoms with Crippen LogP contribution in [0.2, 0.25) is 0 Å². The van der Waals surface area contributed by atoms with Crippen molar-refractivity contribution in [2.45, 2.75) is 33.2 Å². The molecular formula is C22H21F3N2O2. The molecule has 7 heteroatoms. The normalized spacial score (nSPS) is 11.5. The number of nitrogens with zero attached hydrogens (tertiary/aromatic N) is 1. The lowest BCUT2D eigenvalue weighted by molar-refractivity contribution is -0.274. The fourth-order valence-electron chi connectivity index (χ4n) is 3.61. The van der Waals surface area contributed by atoms with Gasteiger partial charge in [0, 0.05) is 23.5 Å². The number of primary amides is 1. The third-order valence-corrected chi connectivity index (χ3v) is 4.85. The third kappa shape index (κ3) is 4.62. The Labute approximate surface area is 166 Å².